The van der Waals surface area contributed by atoms with Crippen LogP contribution in [0, 0.1) is 0 Å². The Bertz CT molecular complexity index is 372. The number of rotatable bonds is 6. The van der Waals surface area contributed by atoms with Gasteiger partial charge in [0.2, 0.25) is 5.75 Å². The van der Waals surface area contributed by atoms with Crippen molar-refractivity contribution in [1.82, 2.24) is 4.90 Å². The molecule has 0 aliphatic carbocycles. The maximum atomic E-state index is 5.85. The molecule has 0 bridgehead atoms. The van der Waals surface area contributed by atoms with Crippen LogP contribution in [-0.4, -0.2) is 56.9 Å². The number of ether oxygens (including phenoxy) is 3. The van der Waals surface area contributed by atoms with Crippen LogP contribution in [0.15, 0.2) is 18.2 Å². The van der Waals surface area contributed by atoms with Gasteiger partial charge in [0.15, 0.2) is 11.5 Å². The lowest BCUT2D eigenvalue weighted by molar-refractivity contribution is 0.210. The Kier molecular flexibility index (Phi) is 5.66. The normalized spacial score (nSPS) is 16.1. The highest BCUT2D eigenvalue weighted by Gasteiger charge is 2.13. The SMILES string of the molecule is COc1cccc(OC)c1OCCN1CCSCC1. The van der Waals surface area contributed by atoms with E-state index >= 15 is 0 Å². The van der Waals surface area contributed by atoms with Gasteiger partial charge in [-0.05, 0) is 12.1 Å². The van der Waals surface area contributed by atoms with E-state index in [9.17, 15) is 0 Å². The predicted molar refractivity (Wildman–Crippen MR) is 78.8 cm³/mol. The smallest absolute Gasteiger partial charge is 0.203 e. The Morgan fingerprint density at radius 3 is 2.32 bits per heavy atom. The molecule has 19 heavy (non-hydrogen) atoms. The van der Waals surface area contributed by atoms with Gasteiger partial charge in [0, 0.05) is 31.1 Å². The number of hydrogen-bond donors (Lipinski definition) is 0. The van der Waals surface area contributed by atoms with Crippen molar-refractivity contribution < 1.29 is 14.2 Å². The van der Waals surface area contributed by atoms with Crippen LogP contribution in [0.2, 0.25) is 0 Å². The fourth-order valence-corrected chi connectivity index (χ4v) is 3.04. The highest BCUT2D eigenvalue weighted by molar-refractivity contribution is 7.99. The van der Waals surface area contributed by atoms with Crippen LogP contribution in [0.25, 0.3) is 0 Å². The summed E-state index contributed by atoms with van der Waals surface area (Å²) in [4.78, 5) is 2.43. The number of para-hydroxylation sites is 1. The summed E-state index contributed by atoms with van der Waals surface area (Å²) in [7, 11) is 3.28. The van der Waals surface area contributed by atoms with Crippen molar-refractivity contribution in [2.75, 3.05) is 52.0 Å². The van der Waals surface area contributed by atoms with E-state index in [2.05, 4.69) is 4.90 Å². The van der Waals surface area contributed by atoms with Crippen LogP contribution in [0.1, 0.15) is 0 Å². The third-order valence-corrected chi connectivity index (χ3v) is 4.08. The molecule has 0 unspecified atom stereocenters. The fourth-order valence-electron chi connectivity index (χ4n) is 2.06. The monoisotopic (exact) mass is 283 g/mol. The molecule has 1 aliphatic rings. The topological polar surface area (TPSA) is 30.9 Å². The van der Waals surface area contributed by atoms with Crippen molar-refractivity contribution >= 4 is 11.8 Å². The second-order valence-electron chi connectivity index (χ2n) is 4.29. The molecule has 1 aromatic rings. The van der Waals surface area contributed by atoms with E-state index in [4.69, 9.17) is 14.2 Å². The van der Waals surface area contributed by atoms with Crippen molar-refractivity contribution in [2.24, 2.45) is 0 Å². The van der Waals surface area contributed by atoms with Crippen LogP contribution in [-0.2, 0) is 0 Å². The summed E-state index contributed by atoms with van der Waals surface area (Å²) in [6.45, 7) is 3.90. The first kappa shape index (κ1) is 14.3. The molecular weight excluding hydrogens is 262 g/mol. The van der Waals surface area contributed by atoms with Crippen molar-refractivity contribution in [3.8, 4) is 17.2 Å². The van der Waals surface area contributed by atoms with Crippen molar-refractivity contribution in [3.63, 3.8) is 0 Å². The first-order valence-corrected chi connectivity index (χ1v) is 7.64. The third kappa shape index (κ3) is 3.94. The zero-order chi connectivity index (χ0) is 13.5. The van der Waals surface area contributed by atoms with Gasteiger partial charge in [-0.2, -0.15) is 11.8 Å². The summed E-state index contributed by atoms with van der Waals surface area (Å²) in [5.74, 6) is 4.57. The lowest BCUT2D eigenvalue weighted by atomic mass is 10.3. The number of hydrogen-bond acceptors (Lipinski definition) is 5. The molecule has 0 amide bonds. The van der Waals surface area contributed by atoms with Crippen molar-refractivity contribution in [3.05, 3.63) is 18.2 Å². The van der Waals surface area contributed by atoms with Crippen LogP contribution < -0.4 is 14.2 Å². The van der Waals surface area contributed by atoms with Crippen LogP contribution in [0.5, 0.6) is 17.2 Å². The van der Waals surface area contributed by atoms with Gasteiger partial charge in [-0.25, -0.2) is 0 Å². The minimum Gasteiger partial charge on any atom is -0.493 e. The maximum Gasteiger partial charge on any atom is 0.203 e. The first-order valence-electron chi connectivity index (χ1n) is 6.49. The molecule has 2 rings (SSSR count). The molecular formula is C14H21NO3S. The summed E-state index contributed by atoms with van der Waals surface area (Å²) < 4.78 is 16.5. The molecule has 1 fully saturated rings. The Balaban J connectivity index is 1.90. The van der Waals surface area contributed by atoms with E-state index < -0.39 is 0 Å². The van der Waals surface area contributed by atoms with E-state index in [1.165, 1.54) is 11.5 Å². The summed E-state index contributed by atoms with van der Waals surface area (Å²) in [6, 6.07) is 5.66. The average molecular weight is 283 g/mol. The first-order chi connectivity index (χ1) is 9.35. The zero-order valence-electron chi connectivity index (χ0n) is 11.6. The van der Waals surface area contributed by atoms with Gasteiger partial charge in [0.25, 0.3) is 0 Å². The highest BCUT2D eigenvalue weighted by Crippen LogP contribution is 2.36. The second-order valence-corrected chi connectivity index (χ2v) is 5.52. The van der Waals surface area contributed by atoms with Gasteiger partial charge >= 0.3 is 0 Å². The molecule has 0 atom stereocenters. The number of nitrogens with zero attached hydrogens (tertiary/aromatic N) is 1. The molecule has 1 saturated heterocycles. The van der Waals surface area contributed by atoms with Crippen LogP contribution in [0.3, 0.4) is 0 Å². The standard InChI is InChI=1S/C14H21NO3S/c1-16-12-4-3-5-13(17-2)14(12)18-9-6-15-7-10-19-11-8-15/h3-5H,6-11H2,1-2H3. The molecule has 1 aromatic carbocycles. The summed E-state index contributed by atoms with van der Waals surface area (Å²) in [5.41, 5.74) is 0. The summed E-state index contributed by atoms with van der Waals surface area (Å²) in [6.07, 6.45) is 0. The largest absolute Gasteiger partial charge is 0.493 e. The van der Waals surface area contributed by atoms with Crippen molar-refractivity contribution in [1.29, 1.82) is 0 Å². The molecule has 0 saturated carbocycles. The molecule has 0 aromatic heterocycles. The van der Waals surface area contributed by atoms with E-state index in [0.717, 1.165) is 19.6 Å². The average Bonchev–Trinajstić information content (AvgIpc) is 2.48. The van der Waals surface area contributed by atoms with Gasteiger partial charge in [-0.15, -0.1) is 0 Å². The number of benzene rings is 1. The third-order valence-electron chi connectivity index (χ3n) is 3.14. The van der Waals surface area contributed by atoms with Crippen LogP contribution >= 0.6 is 11.8 Å². The maximum absolute atomic E-state index is 5.85. The molecule has 5 heteroatoms. The molecule has 1 heterocycles. The lowest BCUT2D eigenvalue weighted by Crippen LogP contribution is -2.35. The number of thioether (sulfide) groups is 1. The Labute approximate surface area is 119 Å². The quantitative estimate of drug-likeness (QED) is 0.798. The van der Waals surface area contributed by atoms with E-state index in [0.29, 0.717) is 23.9 Å². The minimum atomic E-state index is 0.654. The summed E-state index contributed by atoms with van der Waals surface area (Å²) >= 11 is 2.02. The lowest BCUT2D eigenvalue weighted by Gasteiger charge is -2.26. The highest BCUT2D eigenvalue weighted by atomic mass is 32.2. The fraction of sp³-hybridized carbons (Fsp3) is 0.571. The van der Waals surface area contributed by atoms with E-state index in [1.807, 2.05) is 30.0 Å². The Morgan fingerprint density at radius 1 is 1.11 bits per heavy atom. The Hall–Kier alpha value is -1.07. The summed E-state index contributed by atoms with van der Waals surface area (Å²) in [5, 5.41) is 0. The van der Waals surface area contributed by atoms with Gasteiger partial charge in [-0.3, -0.25) is 4.90 Å². The van der Waals surface area contributed by atoms with Crippen molar-refractivity contribution in [2.45, 2.75) is 0 Å². The molecule has 0 radical (unpaired) electrons. The van der Waals surface area contributed by atoms with E-state index in [-0.39, 0.29) is 0 Å². The molecule has 106 valence electrons. The second kappa shape index (κ2) is 7.50. The molecule has 0 spiro atoms. The molecule has 1 aliphatic heterocycles. The van der Waals surface area contributed by atoms with Gasteiger partial charge in [-0.1, -0.05) is 6.07 Å². The zero-order valence-corrected chi connectivity index (χ0v) is 12.4. The molecule has 0 N–H and O–H groups in total. The van der Waals surface area contributed by atoms with E-state index in [1.54, 1.807) is 14.2 Å². The predicted octanol–water partition coefficient (Wildman–Crippen LogP) is 2.13. The van der Waals surface area contributed by atoms with Gasteiger partial charge in [0.1, 0.15) is 6.61 Å². The van der Waals surface area contributed by atoms with Crippen LogP contribution in [0.4, 0.5) is 0 Å². The molecule has 4 nitrogen and oxygen atoms in total. The van der Waals surface area contributed by atoms with Gasteiger partial charge in [0.05, 0.1) is 14.2 Å². The number of methoxy groups -OCH3 is 2. The minimum absolute atomic E-state index is 0.654. The Morgan fingerprint density at radius 2 is 1.74 bits per heavy atom. The van der Waals surface area contributed by atoms with Gasteiger partial charge < -0.3 is 14.2 Å².